The van der Waals surface area contributed by atoms with E-state index in [1.54, 1.807) is 6.08 Å². The van der Waals surface area contributed by atoms with Crippen molar-refractivity contribution >= 4 is 11.9 Å². The Bertz CT molecular complexity index is 551. The monoisotopic (exact) mass is 281 g/mol. The third kappa shape index (κ3) is 2.32. The van der Waals surface area contributed by atoms with Gasteiger partial charge in [-0.25, -0.2) is 0 Å². The molecule has 5 heteroatoms. The van der Waals surface area contributed by atoms with Crippen LogP contribution in [0.2, 0.25) is 0 Å². The number of fused-ring (bicyclic) bond motifs is 3. The molecule has 0 amide bonds. The molecule has 1 aromatic carbocycles. The number of nitrogens with zero attached hydrogens (tertiary/aromatic N) is 1. The van der Waals surface area contributed by atoms with Crippen molar-refractivity contribution in [2.75, 3.05) is 13.1 Å². The van der Waals surface area contributed by atoms with Gasteiger partial charge in [0, 0.05) is 19.0 Å². The minimum atomic E-state index is -4.32. The molecule has 0 radical (unpaired) electrons. The van der Waals surface area contributed by atoms with Crippen LogP contribution >= 0.6 is 0 Å². The fourth-order valence-electron chi connectivity index (χ4n) is 2.84. The summed E-state index contributed by atoms with van der Waals surface area (Å²) in [7, 11) is 0. The van der Waals surface area contributed by atoms with Gasteiger partial charge in [0.2, 0.25) is 0 Å². The van der Waals surface area contributed by atoms with Crippen LogP contribution < -0.4 is 0 Å². The number of Topliss-reactive ketones (excluding diaryl/α,β-unsaturated/α-hetero) is 1. The molecule has 3 heterocycles. The van der Waals surface area contributed by atoms with E-state index in [4.69, 9.17) is 0 Å². The minimum Gasteiger partial charge on any atom is -0.369 e. The molecule has 3 aliphatic rings. The number of benzene rings is 1. The molecule has 0 atom stereocenters. The molecular weight excluding hydrogens is 267 g/mol. The van der Waals surface area contributed by atoms with Crippen molar-refractivity contribution in [3.8, 4) is 0 Å². The van der Waals surface area contributed by atoms with E-state index in [0.29, 0.717) is 11.3 Å². The Balaban J connectivity index is 1.87. The summed E-state index contributed by atoms with van der Waals surface area (Å²) in [6, 6.07) is 4.92. The predicted octanol–water partition coefficient (Wildman–Crippen LogP) is 3.34. The molecule has 2 bridgehead atoms. The Morgan fingerprint density at radius 1 is 1.10 bits per heavy atom. The van der Waals surface area contributed by atoms with Gasteiger partial charge in [-0.2, -0.15) is 13.2 Å². The Labute approximate surface area is 114 Å². The second kappa shape index (κ2) is 4.65. The number of allylic oxidation sites excluding steroid dienone is 1. The number of rotatable bonds is 1. The lowest BCUT2D eigenvalue weighted by atomic mass is 9.84. The van der Waals surface area contributed by atoms with Gasteiger partial charge >= 0.3 is 6.18 Å². The van der Waals surface area contributed by atoms with Crippen molar-refractivity contribution in [1.29, 1.82) is 0 Å². The number of carbonyl (C=O) groups is 1. The molecule has 3 aliphatic heterocycles. The highest BCUT2D eigenvalue weighted by Crippen LogP contribution is 2.33. The van der Waals surface area contributed by atoms with Crippen LogP contribution in [0.4, 0.5) is 13.2 Å². The van der Waals surface area contributed by atoms with Gasteiger partial charge in [0.1, 0.15) is 0 Å². The molecule has 3 saturated heterocycles. The van der Waals surface area contributed by atoms with Crippen molar-refractivity contribution in [1.82, 2.24) is 4.90 Å². The van der Waals surface area contributed by atoms with Crippen LogP contribution in [0.3, 0.4) is 0 Å². The number of halogens is 3. The average molecular weight is 281 g/mol. The molecular formula is C15H14F3NO. The second-order valence-electron chi connectivity index (χ2n) is 5.27. The van der Waals surface area contributed by atoms with Crippen LogP contribution in [0.15, 0.2) is 30.0 Å². The normalized spacial score (nSPS) is 21.9. The molecule has 0 spiro atoms. The van der Waals surface area contributed by atoms with Crippen LogP contribution in [0.25, 0.3) is 6.08 Å². The summed E-state index contributed by atoms with van der Waals surface area (Å²) >= 11 is 0. The Morgan fingerprint density at radius 3 is 2.20 bits per heavy atom. The predicted molar refractivity (Wildman–Crippen MR) is 68.7 cm³/mol. The highest BCUT2D eigenvalue weighted by molar-refractivity contribution is 6.01. The Morgan fingerprint density at radius 2 is 1.70 bits per heavy atom. The summed E-state index contributed by atoms with van der Waals surface area (Å²) in [5, 5.41) is 0. The SMILES string of the molecule is O=C1/C(=C/c2ccc(C(F)(F)F)cc2)N2CCC1CC2. The molecule has 20 heavy (non-hydrogen) atoms. The third-order valence-electron chi connectivity index (χ3n) is 4.00. The Kier molecular flexibility index (Phi) is 3.07. The van der Waals surface area contributed by atoms with Crippen molar-refractivity contribution in [3.05, 3.63) is 41.1 Å². The molecule has 0 aromatic heterocycles. The van der Waals surface area contributed by atoms with E-state index in [-0.39, 0.29) is 11.7 Å². The van der Waals surface area contributed by atoms with E-state index in [1.165, 1.54) is 12.1 Å². The van der Waals surface area contributed by atoms with Crippen LogP contribution in [0.1, 0.15) is 24.0 Å². The molecule has 0 unspecified atom stereocenters. The van der Waals surface area contributed by atoms with Crippen LogP contribution in [0.5, 0.6) is 0 Å². The van der Waals surface area contributed by atoms with Crippen LogP contribution in [-0.4, -0.2) is 23.8 Å². The van der Waals surface area contributed by atoms with Gasteiger partial charge in [-0.3, -0.25) is 4.79 Å². The Hall–Kier alpha value is -1.78. The zero-order chi connectivity index (χ0) is 14.3. The number of piperidine rings is 3. The zero-order valence-corrected chi connectivity index (χ0v) is 10.8. The summed E-state index contributed by atoms with van der Waals surface area (Å²) in [5.41, 5.74) is 0.609. The quantitative estimate of drug-likeness (QED) is 0.736. The first-order chi connectivity index (χ1) is 9.45. The highest BCUT2D eigenvalue weighted by atomic mass is 19.4. The molecule has 4 rings (SSSR count). The van der Waals surface area contributed by atoms with E-state index >= 15 is 0 Å². The van der Waals surface area contributed by atoms with Crippen LogP contribution in [-0.2, 0) is 11.0 Å². The van der Waals surface area contributed by atoms with Gasteiger partial charge in [-0.05, 0) is 36.6 Å². The van der Waals surface area contributed by atoms with E-state index in [9.17, 15) is 18.0 Å². The first kappa shape index (κ1) is 13.2. The smallest absolute Gasteiger partial charge is 0.369 e. The fraction of sp³-hybridized carbons (Fsp3) is 0.400. The summed E-state index contributed by atoms with van der Waals surface area (Å²) in [5.74, 6) is 0.225. The highest BCUT2D eigenvalue weighted by Gasteiger charge is 2.36. The van der Waals surface area contributed by atoms with Crippen LogP contribution in [0, 0.1) is 5.92 Å². The maximum atomic E-state index is 12.5. The summed E-state index contributed by atoms with van der Waals surface area (Å²) in [4.78, 5) is 14.2. The third-order valence-corrected chi connectivity index (χ3v) is 4.00. The topological polar surface area (TPSA) is 20.3 Å². The lowest BCUT2D eigenvalue weighted by Gasteiger charge is -2.41. The second-order valence-corrected chi connectivity index (χ2v) is 5.27. The molecule has 1 aromatic rings. The largest absolute Gasteiger partial charge is 0.416 e. The van der Waals surface area contributed by atoms with Crippen molar-refractivity contribution in [2.45, 2.75) is 19.0 Å². The molecule has 106 valence electrons. The van der Waals surface area contributed by atoms with Gasteiger partial charge in [0.25, 0.3) is 0 Å². The van der Waals surface area contributed by atoms with Gasteiger partial charge in [0.05, 0.1) is 11.3 Å². The van der Waals surface area contributed by atoms with E-state index in [0.717, 1.165) is 38.1 Å². The maximum absolute atomic E-state index is 12.5. The summed E-state index contributed by atoms with van der Waals surface area (Å²) < 4.78 is 37.5. The van der Waals surface area contributed by atoms with Crippen molar-refractivity contribution in [3.63, 3.8) is 0 Å². The first-order valence-corrected chi connectivity index (χ1v) is 6.63. The van der Waals surface area contributed by atoms with Crippen molar-refractivity contribution in [2.24, 2.45) is 5.92 Å². The van der Waals surface area contributed by atoms with Crippen molar-refractivity contribution < 1.29 is 18.0 Å². The number of hydrogen-bond donors (Lipinski definition) is 0. The lowest BCUT2D eigenvalue weighted by molar-refractivity contribution is -0.137. The van der Waals surface area contributed by atoms with E-state index < -0.39 is 11.7 Å². The molecule has 0 aliphatic carbocycles. The van der Waals surface area contributed by atoms with Gasteiger partial charge in [-0.1, -0.05) is 12.1 Å². The van der Waals surface area contributed by atoms with Gasteiger partial charge < -0.3 is 4.90 Å². The van der Waals surface area contributed by atoms with E-state index in [1.807, 2.05) is 4.90 Å². The minimum absolute atomic E-state index is 0.0979. The van der Waals surface area contributed by atoms with E-state index in [2.05, 4.69) is 0 Å². The van der Waals surface area contributed by atoms with Gasteiger partial charge in [0.15, 0.2) is 5.78 Å². The molecule has 2 nitrogen and oxygen atoms in total. The number of ketones is 1. The molecule has 0 saturated carbocycles. The number of hydrogen-bond acceptors (Lipinski definition) is 2. The molecule has 0 N–H and O–H groups in total. The maximum Gasteiger partial charge on any atom is 0.416 e. The lowest BCUT2D eigenvalue weighted by Crippen LogP contribution is -2.45. The average Bonchev–Trinajstić information content (AvgIpc) is 2.43. The van der Waals surface area contributed by atoms with Gasteiger partial charge in [-0.15, -0.1) is 0 Å². The standard InChI is InChI=1S/C15H14F3NO/c16-15(17,18)12-3-1-10(2-4-12)9-13-14(20)11-5-7-19(13)8-6-11/h1-4,9,11H,5-8H2/b13-9-. The zero-order valence-electron chi connectivity index (χ0n) is 10.8. The fourth-order valence-corrected chi connectivity index (χ4v) is 2.84. The number of alkyl halides is 3. The number of carbonyl (C=O) groups excluding carboxylic acids is 1. The summed E-state index contributed by atoms with van der Waals surface area (Å²) in [6.45, 7) is 1.73. The first-order valence-electron chi connectivity index (χ1n) is 6.63. The summed E-state index contributed by atoms with van der Waals surface area (Å²) in [6.07, 6.45) is -0.838. The molecule has 3 fully saturated rings.